The van der Waals surface area contributed by atoms with Gasteiger partial charge in [0, 0.05) is 6.42 Å². The van der Waals surface area contributed by atoms with Crippen molar-refractivity contribution in [1.29, 1.82) is 0 Å². The lowest BCUT2D eigenvalue weighted by atomic mass is 9.89. The van der Waals surface area contributed by atoms with Gasteiger partial charge in [-0.1, -0.05) is 86.0 Å². The smallest absolute Gasteiger partial charge is 0.305 e. The molecular weight excluding hydrogens is 284 g/mol. The van der Waals surface area contributed by atoms with E-state index in [0.717, 1.165) is 12.3 Å². The number of unbranched alkanes of at least 4 members (excludes halogenated alkanes) is 7. The molecule has 0 fully saturated rings. The molecule has 1 atom stereocenters. The van der Waals surface area contributed by atoms with Crippen LogP contribution in [-0.4, -0.2) is 12.6 Å². The van der Waals surface area contributed by atoms with Crippen molar-refractivity contribution in [3.05, 3.63) is 0 Å². The molecule has 0 radical (unpaired) electrons. The molecule has 2 heteroatoms. The van der Waals surface area contributed by atoms with Crippen LogP contribution in [0.15, 0.2) is 0 Å². The molecule has 0 N–H and O–H groups in total. The van der Waals surface area contributed by atoms with Gasteiger partial charge in [-0.2, -0.15) is 0 Å². The minimum atomic E-state index is 0.00572. The third kappa shape index (κ3) is 14.8. The number of hydrogen-bond donors (Lipinski definition) is 0. The van der Waals surface area contributed by atoms with E-state index < -0.39 is 0 Å². The van der Waals surface area contributed by atoms with Gasteiger partial charge in [0.2, 0.25) is 0 Å². The lowest BCUT2D eigenvalue weighted by Gasteiger charge is -2.21. The standard InChI is InChI=1S/C21H42O2/c1-6-7-8-9-10-11-12-13-14-21(22)23-17-20(19(4)5)16-15-18(2)3/h18-20H,6-17H2,1-5H3. The molecule has 0 saturated heterocycles. The molecule has 0 rings (SSSR count). The first-order valence-electron chi connectivity index (χ1n) is 10.1. The van der Waals surface area contributed by atoms with Gasteiger partial charge in [0.25, 0.3) is 0 Å². The second-order valence-corrected chi connectivity index (χ2v) is 7.88. The molecule has 0 aliphatic rings. The first-order valence-corrected chi connectivity index (χ1v) is 10.1. The molecule has 138 valence electrons. The largest absolute Gasteiger partial charge is 0.465 e. The third-order valence-corrected chi connectivity index (χ3v) is 4.75. The van der Waals surface area contributed by atoms with Crippen molar-refractivity contribution in [2.45, 2.75) is 105 Å². The van der Waals surface area contributed by atoms with Crippen molar-refractivity contribution in [3.63, 3.8) is 0 Å². The van der Waals surface area contributed by atoms with Gasteiger partial charge in [0.05, 0.1) is 6.61 Å². The fraction of sp³-hybridized carbons (Fsp3) is 0.952. The molecule has 0 aliphatic carbocycles. The van der Waals surface area contributed by atoms with E-state index in [2.05, 4.69) is 34.6 Å². The average molecular weight is 327 g/mol. The summed E-state index contributed by atoms with van der Waals surface area (Å²) in [7, 11) is 0. The maximum absolute atomic E-state index is 11.9. The van der Waals surface area contributed by atoms with Crippen LogP contribution in [0.5, 0.6) is 0 Å². The second kappa shape index (κ2) is 15.0. The van der Waals surface area contributed by atoms with Crippen LogP contribution >= 0.6 is 0 Å². The zero-order valence-corrected chi connectivity index (χ0v) is 16.5. The fourth-order valence-electron chi connectivity index (χ4n) is 2.83. The number of esters is 1. The molecule has 0 saturated carbocycles. The molecule has 0 aromatic carbocycles. The Hall–Kier alpha value is -0.530. The van der Waals surface area contributed by atoms with Crippen LogP contribution in [0.25, 0.3) is 0 Å². The summed E-state index contributed by atoms with van der Waals surface area (Å²) < 4.78 is 5.52. The van der Waals surface area contributed by atoms with Gasteiger partial charge in [-0.3, -0.25) is 4.79 Å². The molecule has 0 bridgehead atoms. The molecule has 0 spiro atoms. The fourth-order valence-corrected chi connectivity index (χ4v) is 2.83. The Morgan fingerprint density at radius 1 is 0.826 bits per heavy atom. The maximum Gasteiger partial charge on any atom is 0.305 e. The Kier molecular flexibility index (Phi) is 14.7. The quantitative estimate of drug-likeness (QED) is 0.245. The van der Waals surface area contributed by atoms with E-state index in [0.29, 0.717) is 24.9 Å². The average Bonchev–Trinajstić information content (AvgIpc) is 2.49. The van der Waals surface area contributed by atoms with Gasteiger partial charge in [-0.15, -0.1) is 0 Å². The number of rotatable bonds is 15. The van der Waals surface area contributed by atoms with E-state index in [1.807, 2.05) is 0 Å². The summed E-state index contributed by atoms with van der Waals surface area (Å²) >= 11 is 0. The summed E-state index contributed by atoms with van der Waals surface area (Å²) in [5.74, 6) is 1.83. The molecule has 2 nitrogen and oxygen atoms in total. The van der Waals surface area contributed by atoms with Crippen LogP contribution in [0, 0.1) is 17.8 Å². The molecule has 0 heterocycles. The summed E-state index contributed by atoms with van der Waals surface area (Å²) in [4.78, 5) is 11.9. The van der Waals surface area contributed by atoms with Gasteiger partial charge in [0.1, 0.15) is 0 Å². The molecular formula is C21H42O2. The van der Waals surface area contributed by atoms with Gasteiger partial charge in [-0.05, 0) is 30.6 Å². The van der Waals surface area contributed by atoms with Crippen LogP contribution in [0.2, 0.25) is 0 Å². The summed E-state index contributed by atoms with van der Waals surface area (Å²) in [6, 6.07) is 0. The molecule has 0 amide bonds. The Morgan fingerprint density at radius 3 is 1.91 bits per heavy atom. The summed E-state index contributed by atoms with van der Waals surface area (Å²) in [6.07, 6.45) is 13.1. The van der Waals surface area contributed by atoms with Crippen LogP contribution < -0.4 is 0 Å². The third-order valence-electron chi connectivity index (χ3n) is 4.75. The Bertz CT molecular complexity index is 271. The van der Waals surface area contributed by atoms with E-state index in [9.17, 15) is 4.79 Å². The minimum absolute atomic E-state index is 0.00572. The zero-order chi connectivity index (χ0) is 17.5. The highest BCUT2D eigenvalue weighted by Gasteiger charge is 2.16. The number of carbonyl (C=O) groups is 1. The molecule has 1 unspecified atom stereocenters. The Labute approximate surface area is 145 Å². The van der Waals surface area contributed by atoms with Gasteiger partial charge in [-0.25, -0.2) is 0 Å². The summed E-state index contributed by atoms with van der Waals surface area (Å²) in [5.41, 5.74) is 0. The number of carbonyl (C=O) groups excluding carboxylic acids is 1. The highest BCUT2D eigenvalue weighted by Crippen LogP contribution is 2.20. The minimum Gasteiger partial charge on any atom is -0.465 e. The van der Waals surface area contributed by atoms with E-state index in [4.69, 9.17) is 4.74 Å². The van der Waals surface area contributed by atoms with Crippen molar-refractivity contribution in [2.75, 3.05) is 6.61 Å². The summed E-state index contributed by atoms with van der Waals surface area (Å²) in [5, 5.41) is 0. The highest BCUT2D eigenvalue weighted by molar-refractivity contribution is 5.69. The molecule has 0 aliphatic heterocycles. The van der Waals surface area contributed by atoms with Gasteiger partial charge in [0.15, 0.2) is 0 Å². The Balaban J connectivity index is 3.63. The van der Waals surface area contributed by atoms with Crippen LogP contribution in [0.3, 0.4) is 0 Å². The van der Waals surface area contributed by atoms with Crippen molar-refractivity contribution in [2.24, 2.45) is 17.8 Å². The Morgan fingerprint density at radius 2 is 1.39 bits per heavy atom. The monoisotopic (exact) mass is 326 g/mol. The summed E-state index contributed by atoms with van der Waals surface area (Å²) in [6.45, 7) is 11.8. The zero-order valence-electron chi connectivity index (χ0n) is 16.5. The normalized spacial score (nSPS) is 12.8. The van der Waals surface area contributed by atoms with E-state index >= 15 is 0 Å². The maximum atomic E-state index is 11.9. The topological polar surface area (TPSA) is 26.3 Å². The van der Waals surface area contributed by atoms with Crippen molar-refractivity contribution in [3.8, 4) is 0 Å². The van der Waals surface area contributed by atoms with Crippen molar-refractivity contribution >= 4 is 5.97 Å². The van der Waals surface area contributed by atoms with Crippen molar-refractivity contribution < 1.29 is 9.53 Å². The van der Waals surface area contributed by atoms with E-state index in [1.54, 1.807) is 0 Å². The second-order valence-electron chi connectivity index (χ2n) is 7.88. The first-order chi connectivity index (χ1) is 11.0. The lowest BCUT2D eigenvalue weighted by molar-refractivity contribution is -0.145. The first kappa shape index (κ1) is 22.5. The number of hydrogen-bond acceptors (Lipinski definition) is 2. The predicted molar refractivity (Wildman–Crippen MR) is 101 cm³/mol. The van der Waals surface area contributed by atoms with Gasteiger partial charge >= 0.3 is 5.97 Å². The van der Waals surface area contributed by atoms with E-state index in [1.165, 1.54) is 57.8 Å². The molecule has 0 aromatic heterocycles. The highest BCUT2D eigenvalue weighted by atomic mass is 16.5. The van der Waals surface area contributed by atoms with Crippen LogP contribution in [0.4, 0.5) is 0 Å². The van der Waals surface area contributed by atoms with Crippen LogP contribution in [-0.2, 0) is 9.53 Å². The number of ether oxygens (including phenoxy) is 1. The predicted octanol–water partition coefficient (Wildman–Crippen LogP) is 6.77. The van der Waals surface area contributed by atoms with Gasteiger partial charge < -0.3 is 4.74 Å². The lowest BCUT2D eigenvalue weighted by Crippen LogP contribution is -2.19. The SMILES string of the molecule is CCCCCCCCCCC(=O)OCC(CCC(C)C)C(C)C. The van der Waals surface area contributed by atoms with E-state index in [-0.39, 0.29) is 5.97 Å². The molecule has 0 aromatic rings. The molecule has 23 heavy (non-hydrogen) atoms. The van der Waals surface area contributed by atoms with Crippen LogP contribution in [0.1, 0.15) is 105 Å². The van der Waals surface area contributed by atoms with Crippen molar-refractivity contribution in [1.82, 2.24) is 0 Å².